The van der Waals surface area contributed by atoms with Gasteiger partial charge in [0.15, 0.2) is 0 Å². The minimum absolute atomic E-state index is 0.135. The van der Waals surface area contributed by atoms with Crippen LogP contribution in [0.3, 0.4) is 0 Å². The Hall–Kier alpha value is 0.370. The first-order valence-corrected chi connectivity index (χ1v) is 3.53. The number of halogens is 2. The van der Waals surface area contributed by atoms with Crippen molar-refractivity contribution in [2.75, 3.05) is 5.33 Å². The van der Waals surface area contributed by atoms with Gasteiger partial charge in [0, 0.05) is 10.9 Å². The molecule has 40 valence electrons. The van der Waals surface area contributed by atoms with E-state index in [0.29, 0.717) is 10.9 Å². The van der Waals surface area contributed by atoms with E-state index in [0.717, 1.165) is 0 Å². The van der Waals surface area contributed by atoms with Crippen LogP contribution in [0.15, 0.2) is 12.2 Å². The monoisotopic (exact) mass is 226 g/mol. The van der Waals surface area contributed by atoms with Gasteiger partial charge in [0.1, 0.15) is 0 Å². The Kier molecular flexibility index (Phi) is 3.56. The van der Waals surface area contributed by atoms with Gasteiger partial charge in [-0.15, -0.1) is 0 Å². The van der Waals surface area contributed by atoms with Crippen molar-refractivity contribution < 1.29 is 4.79 Å². The van der Waals surface area contributed by atoms with E-state index in [2.05, 4.69) is 38.4 Å². The second-order valence-corrected chi connectivity index (χ2v) is 2.29. The molecule has 0 amide bonds. The van der Waals surface area contributed by atoms with E-state index in [1.807, 2.05) is 0 Å². The van der Waals surface area contributed by atoms with Crippen molar-refractivity contribution in [1.29, 1.82) is 0 Å². The Balaban J connectivity index is 3.58. The zero-order chi connectivity index (χ0) is 5.86. The summed E-state index contributed by atoms with van der Waals surface area (Å²) in [6, 6.07) is 0. The number of rotatable bonds is 2. The third kappa shape index (κ3) is 3.00. The van der Waals surface area contributed by atoms with E-state index in [1.165, 1.54) is 0 Å². The van der Waals surface area contributed by atoms with Crippen LogP contribution < -0.4 is 0 Å². The lowest BCUT2D eigenvalue weighted by atomic mass is 10.4. The highest BCUT2D eigenvalue weighted by Crippen LogP contribution is 2.01. The summed E-state index contributed by atoms with van der Waals surface area (Å²) in [5.74, 6) is 0. The van der Waals surface area contributed by atoms with Crippen LogP contribution in [0.2, 0.25) is 0 Å². The molecule has 0 aromatic carbocycles. The van der Waals surface area contributed by atoms with Crippen LogP contribution in [-0.4, -0.2) is 10.0 Å². The quantitative estimate of drug-likeness (QED) is 0.400. The Labute approximate surface area is 59.0 Å². The van der Waals surface area contributed by atoms with Gasteiger partial charge in [-0.2, -0.15) is 0 Å². The molecule has 0 atom stereocenters. The van der Waals surface area contributed by atoms with Gasteiger partial charge >= 0.3 is 0 Å². The van der Waals surface area contributed by atoms with Crippen molar-refractivity contribution in [3.63, 3.8) is 0 Å². The molecule has 0 radical (unpaired) electrons. The number of hydrogen-bond donors (Lipinski definition) is 0. The predicted octanol–water partition coefficient (Wildman–Crippen LogP) is 1.86. The zero-order valence-corrected chi connectivity index (χ0v) is 6.75. The van der Waals surface area contributed by atoms with E-state index in [-0.39, 0.29) is 4.69 Å². The third-order valence-corrected chi connectivity index (χ3v) is 1.68. The van der Waals surface area contributed by atoms with Crippen LogP contribution in [0.25, 0.3) is 0 Å². The smallest absolute Gasteiger partial charge is 0.224 e. The number of allylic oxidation sites excluding steroid dienone is 1. The highest BCUT2D eigenvalue weighted by atomic mass is 79.9. The van der Waals surface area contributed by atoms with E-state index in [4.69, 9.17) is 0 Å². The number of hydrogen-bond acceptors (Lipinski definition) is 1. The summed E-state index contributed by atoms with van der Waals surface area (Å²) in [5, 5.41) is 0.539. The van der Waals surface area contributed by atoms with Crippen molar-refractivity contribution in [2.24, 2.45) is 0 Å². The van der Waals surface area contributed by atoms with Gasteiger partial charge in [-0.1, -0.05) is 22.5 Å². The van der Waals surface area contributed by atoms with Crippen LogP contribution in [0, 0.1) is 0 Å². The van der Waals surface area contributed by atoms with Crippen LogP contribution >= 0.6 is 31.9 Å². The summed E-state index contributed by atoms with van der Waals surface area (Å²) in [7, 11) is 0. The molecule has 7 heavy (non-hydrogen) atoms. The molecule has 1 nitrogen and oxygen atoms in total. The van der Waals surface area contributed by atoms with Gasteiger partial charge in [0.05, 0.1) is 0 Å². The van der Waals surface area contributed by atoms with Gasteiger partial charge in [0.2, 0.25) is 4.69 Å². The van der Waals surface area contributed by atoms with E-state index in [9.17, 15) is 4.79 Å². The normalized spacial score (nSPS) is 8.29. The molecule has 0 fully saturated rings. The maximum atomic E-state index is 10.2. The first-order chi connectivity index (χ1) is 3.18. The number of carbonyl (C=O) groups excluding carboxylic acids is 1. The van der Waals surface area contributed by atoms with E-state index < -0.39 is 0 Å². The van der Waals surface area contributed by atoms with Crippen LogP contribution in [-0.2, 0) is 4.79 Å². The molecule has 0 aliphatic rings. The Morgan fingerprint density at radius 1 is 1.71 bits per heavy atom. The fraction of sp³-hybridized carbons (Fsp3) is 0.250. The summed E-state index contributed by atoms with van der Waals surface area (Å²) in [6.45, 7) is 3.43. The second-order valence-electron chi connectivity index (χ2n) is 1.01. The predicted molar refractivity (Wildman–Crippen MR) is 36.9 cm³/mol. The summed E-state index contributed by atoms with van der Waals surface area (Å²) < 4.78 is -0.135. The largest absolute Gasteiger partial charge is 0.281 e. The molecular formula is C4H4Br2O. The summed E-state index contributed by atoms with van der Waals surface area (Å²) in [5.41, 5.74) is 0.542. The molecule has 0 aromatic rings. The number of carbonyl (C=O) groups is 1. The molecule has 0 aromatic heterocycles. The molecule has 0 saturated heterocycles. The lowest BCUT2D eigenvalue weighted by molar-refractivity contribution is -0.107. The van der Waals surface area contributed by atoms with Crippen molar-refractivity contribution in [1.82, 2.24) is 0 Å². The molecule has 0 rings (SSSR count). The molecule has 0 spiro atoms. The van der Waals surface area contributed by atoms with Crippen molar-refractivity contribution in [3.05, 3.63) is 12.2 Å². The van der Waals surface area contributed by atoms with Crippen molar-refractivity contribution >= 4 is 36.6 Å². The lowest BCUT2D eigenvalue weighted by Gasteiger charge is -1.85. The molecular weight excluding hydrogens is 224 g/mol. The Morgan fingerprint density at radius 3 is 2.14 bits per heavy atom. The summed E-state index contributed by atoms with van der Waals surface area (Å²) in [4.78, 5) is 10.2. The Bertz CT molecular complexity index is 97.9. The topological polar surface area (TPSA) is 17.1 Å². The standard InChI is InChI=1S/C4H4Br2O/c1-3(2-5)4(6)7/h1-2H2. The van der Waals surface area contributed by atoms with Crippen LogP contribution in [0.5, 0.6) is 0 Å². The van der Waals surface area contributed by atoms with Gasteiger partial charge < -0.3 is 0 Å². The molecule has 0 N–H and O–H groups in total. The minimum atomic E-state index is -0.135. The first-order valence-electron chi connectivity index (χ1n) is 1.62. The van der Waals surface area contributed by atoms with Crippen molar-refractivity contribution in [2.45, 2.75) is 0 Å². The molecule has 0 bridgehead atoms. The Morgan fingerprint density at radius 2 is 2.14 bits per heavy atom. The maximum Gasteiger partial charge on any atom is 0.224 e. The van der Waals surface area contributed by atoms with Gasteiger partial charge in [-0.25, -0.2) is 0 Å². The van der Waals surface area contributed by atoms with Crippen molar-refractivity contribution in [3.8, 4) is 0 Å². The molecule has 0 heterocycles. The molecule has 0 aliphatic carbocycles. The summed E-state index contributed by atoms with van der Waals surface area (Å²) >= 11 is 5.80. The third-order valence-electron chi connectivity index (χ3n) is 0.439. The van der Waals surface area contributed by atoms with Gasteiger partial charge in [0.25, 0.3) is 0 Å². The highest BCUT2D eigenvalue weighted by Gasteiger charge is 1.96. The average Bonchev–Trinajstić information content (AvgIpc) is 1.65. The first kappa shape index (κ1) is 7.37. The fourth-order valence-electron chi connectivity index (χ4n) is 0.0525. The highest BCUT2D eigenvalue weighted by molar-refractivity contribution is 9.18. The van der Waals surface area contributed by atoms with Gasteiger partial charge in [-0.05, 0) is 15.9 Å². The summed E-state index contributed by atoms with van der Waals surface area (Å²) in [6.07, 6.45) is 0. The van der Waals surface area contributed by atoms with Crippen LogP contribution in [0.4, 0.5) is 0 Å². The van der Waals surface area contributed by atoms with Gasteiger partial charge in [-0.3, -0.25) is 4.79 Å². The lowest BCUT2D eigenvalue weighted by Crippen LogP contribution is -1.89. The molecule has 0 aliphatic heterocycles. The van der Waals surface area contributed by atoms with Crippen LogP contribution in [0.1, 0.15) is 0 Å². The zero-order valence-electron chi connectivity index (χ0n) is 3.58. The number of alkyl halides is 1. The molecule has 0 unspecified atom stereocenters. The molecule has 3 heteroatoms. The maximum absolute atomic E-state index is 10.2. The minimum Gasteiger partial charge on any atom is -0.281 e. The second kappa shape index (κ2) is 3.38. The fourth-order valence-corrected chi connectivity index (χ4v) is 0.824. The van der Waals surface area contributed by atoms with E-state index in [1.54, 1.807) is 0 Å². The average molecular weight is 228 g/mol. The molecule has 0 saturated carbocycles. The van der Waals surface area contributed by atoms with E-state index >= 15 is 0 Å². The SMILES string of the molecule is C=C(CBr)C(=O)Br.